The topological polar surface area (TPSA) is 35.6 Å². The van der Waals surface area contributed by atoms with Crippen molar-refractivity contribution in [3.63, 3.8) is 0 Å². The summed E-state index contributed by atoms with van der Waals surface area (Å²) in [6, 6.07) is 12.6. The Kier molecular flexibility index (Phi) is 5.50. The molecule has 0 unspecified atom stereocenters. The first kappa shape index (κ1) is 18.3. The molecule has 26 heavy (non-hydrogen) atoms. The van der Waals surface area contributed by atoms with Gasteiger partial charge in [-0.1, -0.05) is 37.3 Å². The maximum atomic E-state index is 12.7. The second-order valence-corrected chi connectivity index (χ2v) is 7.09. The van der Waals surface area contributed by atoms with Crippen molar-refractivity contribution in [2.24, 2.45) is 0 Å². The molecule has 3 rings (SSSR count). The Hall–Kier alpha value is -2.49. The minimum absolute atomic E-state index is 0.00890. The predicted molar refractivity (Wildman–Crippen MR) is 109 cm³/mol. The van der Waals surface area contributed by atoms with Crippen LogP contribution in [-0.4, -0.2) is 37.1 Å². The second-order valence-electron chi connectivity index (χ2n) is 7.09. The number of para-hydroxylation sites is 1. The van der Waals surface area contributed by atoms with Gasteiger partial charge < -0.3 is 15.1 Å². The molecule has 1 fully saturated rings. The summed E-state index contributed by atoms with van der Waals surface area (Å²) in [6.07, 6.45) is 0.914. The molecule has 2 aromatic rings. The standard InChI is InChI=1S/C22H29N3O/c1-5-19-10-6-9-17(3)21(19)23-22(26)25-14-12-24(13-15-25)20-11-7-8-16(2)18(20)4/h6-11H,5,12-15H2,1-4H3,(H,23,26). The largest absolute Gasteiger partial charge is 0.368 e. The van der Waals surface area contributed by atoms with E-state index in [0.717, 1.165) is 43.9 Å². The van der Waals surface area contributed by atoms with E-state index in [1.165, 1.54) is 22.4 Å². The third-order valence-corrected chi connectivity index (χ3v) is 5.46. The number of hydrogen-bond donors (Lipinski definition) is 1. The fourth-order valence-electron chi connectivity index (χ4n) is 3.62. The van der Waals surface area contributed by atoms with E-state index < -0.39 is 0 Å². The maximum Gasteiger partial charge on any atom is 0.321 e. The SMILES string of the molecule is CCc1cccc(C)c1NC(=O)N1CCN(c2cccc(C)c2C)CC1. The molecule has 0 aliphatic carbocycles. The van der Waals surface area contributed by atoms with Crippen molar-refractivity contribution in [3.05, 3.63) is 58.7 Å². The van der Waals surface area contributed by atoms with Crippen LogP contribution >= 0.6 is 0 Å². The molecule has 0 saturated carbocycles. The third-order valence-electron chi connectivity index (χ3n) is 5.46. The van der Waals surface area contributed by atoms with E-state index in [2.05, 4.69) is 55.3 Å². The molecule has 4 heteroatoms. The van der Waals surface area contributed by atoms with Crippen LogP contribution in [0.5, 0.6) is 0 Å². The minimum atomic E-state index is 0.00890. The van der Waals surface area contributed by atoms with Crippen molar-refractivity contribution in [2.75, 3.05) is 36.4 Å². The lowest BCUT2D eigenvalue weighted by Gasteiger charge is -2.37. The zero-order valence-electron chi connectivity index (χ0n) is 16.3. The fourth-order valence-corrected chi connectivity index (χ4v) is 3.62. The third kappa shape index (κ3) is 3.69. The summed E-state index contributed by atoms with van der Waals surface area (Å²) in [5.41, 5.74) is 7.21. The summed E-state index contributed by atoms with van der Waals surface area (Å²) < 4.78 is 0. The van der Waals surface area contributed by atoms with Crippen LogP contribution in [0.2, 0.25) is 0 Å². The summed E-state index contributed by atoms with van der Waals surface area (Å²) in [5, 5.41) is 3.14. The molecular formula is C22H29N3O. The van der Waals surface area contributed by atoms with Gasteiger partial charge in [0, 0.05) is 37.6 Å². The predicted octanol–water partition coefficient (Wildman–Crippen LogP) is 4.53. The van der Waals surface area contributed by atoms with Crippen LogP contribution in [0, 0.1) is 20.8 Å². The number of anilines is 2. The van der Waals surface area contributed by atoms with Crippen molar-refractivity contribution in [1.29, 1.82) is 0 Å². The number of urea groups is 1. The van der Waals surface area contributed by atoms with E-state index in [-0.39, 0.29) is 6.03 Å². The molecule has 1 heterocycles. The number of benzene rings is 2. The Morgan fingerprint density at radius 3 is 2.31 bits per heavy atom. The van der Waals surface area contributed by atoms with Gasteiger partial charge in [0.25, 0.3) is 0 Å². The van der Waals surface area contributed by atoms with Crippen molar-refractivity contribution < 1.29 is 4.79 Å². The summed E-state index contributed by atoms with van der Waals surface area (Å²) in [5.74, 6) is 0. The average molecular weight is 351 g/mol. The van der Waals surface area contributed by atoms with Crippen molar-refractivity contribution >= 4 is 17.4 Å². The van der Waals surface area contributed by atoms with E-state index in [0.29, 0.717) is 0 Å². The first-order chi connectivity index (χ1) is 12.5. The van der Waals surface area contributed by atoms with Crippen LogP contribution in [0.1, 0.15) is 29.2 Å². The van der Waals surface area contributed by atoms with Gasteiger partial charge in [-0.15, -0.1) is 0 Å². The van der Waals surface area contributed by atoms with Gasteiger partial charge in [-0.05, 0) is 55.5 Å². The Balaban J connectivity index is 1.65. The fraction of sp³-hybridized carbons (Fsp3) is 0.409. The lowest BCUT2D eigenvalue weighted by Crippen LogP contribution is -2.50. The van der Waals surface area contributed by atoms with Gasteiger partial charge in [-0.3, -0.25) is 0 Å². The lowest BCUT2D eigenvalue weighted by atomic mass is 10.1. The number of rotatable bonds is 3. The number of piperazine rings is 1. The first-order valence-corrected chi connectivity index (χ1v) is 9.46. The zero-order chi connectivity index (χ0) is 18.7. The molecule has 1 aliphatic rings. The van der Waals surface area contributed by atoms with Crippen LogP contribution in [0.4, 0.5) is 16.2 Å². The molecule has 1 N–H and O–H groups in total. The van der Waals surface area contributed by atoms with E-state index in [4.69, 9.17) is 0 Å². The first-order valence-electron chi connectivity index (χ1n) is 9.46. The van der Waals surface area contributed by atoms with Crippen LogP contribution in [-0.2, 0) is 6.42 Å². The van der Waals surface area contributed by atoms with Gasteiger partial charge >= 0.3 is 6.03 Å². The molecule has 2 aromatic carbocycles. The molecule has 1 aliphatic heterocycles. The number of amides is 2. The molecule has 2 amide bonds. The Morgan fingerprint density at radius 1 is 0.962 bits per heavy atom. The van der Waals surface area contributed by atoms with Gasteiger partial charge in [-0.2, -0.15) is 0 Å². The number of nitrogens with zero attached hydrogens (tertiary/aromatic N) is 2. The molecule has 0 radical (unpaired) electrons. The minimum Gasteiger partial charge on any atom is -0.368 e. The normalized spacial score (nSPS) is 14.5. The molecule has 0 aromatic heterocycles. The monoisotopic (exact) mass is 351 g/mol. The van der Waals surface area contributed by atoms with Gasteiger partial charge in [0.1, 0.15) is 0 Å². The van der Waals surface area contributed by atoms with Crippen LogP contribution in [0.3, 0.4) is 0 Å². The molecule has 4 nitrogen and oxygen atoms in total. The Labute approximate surface area is 156 Å². The molecule has 138 valence electrons. The average Bonchev–Trinajstić information content (AvgIpc) is 2.65. The highest BCUT2D eigenvalue weighted by Crippen LogP contribution is 2.25. The molecule has 0 bridgehead atoms. The van der Waals surface area contributed by atoms with Gasteiger partial charge in [-0.25, -0.2) is 4.79 Å². The second kappa shape index (κ2) is 7.81. The number of nitrogens with one attached hydrogen (secondary N) is 1. The number of carbonyl (C=O) groups is 1. The Bertz CT molecular complexity index is 792. The zero-order valence-corrected chi connectivity index (χ0v) is 16.3. The highest BCUT2D eigenvalue weighted by atomic mass is 16.2. The molecular weight excluding hydrogens is 322 g/mol. The highest BCUT2D eigenvalue weighted by Gasteiger charge is 2.23. The number of aryl methyl sites for hydroxylation is 3. The van der Waals surface area contributed by atoms with Crippen molar-refractivity contribution in [1.82, 2.24) is 4.90 Å². The quantitative estimate of drug-likeness (QED) is 0.882. The van der Waals surface area contributed by atoms with E-state index in [1.807, 2.05) is 24.0 Å². The van der Waals surface area contributed by atoms with Crippen molar-refractivity contribution in [2.45, 2.75) is 34.1 Å². The van der Waals surface area contributed by atoms with Crippen LogP contribution < -0.4 is 10.2 Å². The smallest absolute Gasteiger partial charge is 0.321 e. The van der Waals surface area contributed by atoms with Gasteiger partial charge in [0.05, 0.1) is 0 Å². The number of hydrogen-bond acceptors (Lipinski definition) is 2. The van der Waals surface area contributed by atoms with Crippen LogP contribution in [0.25, 0.3) is 0 Å². The number of carbonyl (C=O) groups excluding carboxylic acids is 1. The van der Waals surface area contributed by atoms with Gasteiger partial charge in [0.2, 0.25) is 0 Å². The van der Waals surface area contributed by atoms with E-state index in [1.54, 1.807) is 0 Å². The summed E-state index contributed by atoms with van der Waals surface area (Å²) in [4.78, 5) is 17.1. The molecule has 0 atom stereocenters. The van der Waals surface area contributed by atoms with Crippen LogP contribution in [0.15, 0.2) is 36.4 Å². The lowest BCUT2D eigenvalue weighted by molar-refractivity contribution is 0.208. The summed E-state index contributed by atoms with van der Waals surface area (Å²) >= 11 is 0. The molecule has 1 saturated heterocycles. The summed E-state index contributed by atoms with van der Waals surface area (Å²) in [7, 11) is 0. The Morgan fingerprint density at radius 2 is 1.62 bits per heavy atom. The van der Waals surface area contributed by atoms with E-state index >= 15 is 0 Å². The van der Waals surface area contributed by atoms with Gasteiger partial charge in [0.15, 0.2) is 0 Å². The van der Waals surface area contributed by atoms with Crippen molar-refractivity contribution in [3.8, 4) is 0 Å². The maximum absolute atomic E-state index is 12.7. The summed E-state index contributed by atoms with van der Waals surface area (Å²) in [6.45, 7) is 11.7. The highest BCUT2D eigenvalue weighted by molar-refractivity contribution is 5.91. The van der Waals surface area contributed by atoms with E-state index in [9.17, 15) is 4.79 Å². The molecule has 0 spiro atoms.